The summed E-state index contributed by atoms with van der Waals surface area (Å²) in [4.78, 5) is 26.5. The van der Waals surface area contributed by atoms with Crippen LogP contribution in [0, 0.1) is 11.2 Å². The van der Waals surface area contributed by atoms with Crippen molar-refractivity contribution >= 4 is 17.6 Å². The molecule has 0 unspecified atom stereocenters. The number of hydrogen-bond donors (Lipinski definition) is 4. The Balaban J connectivity index is 2.83. The number of carbonyl (C=O) groups is 2. The molecule has 6 N–H and O–H groups in total. The minimum absolute atomic E-state index is 0.00564. The van der Waals surface area contributed by atoms with Gasteiger partial charge in [0.2, 0.25) is 5.91 Å². The number of aromatic nitrogens is 1. The maximum Gasteiger partial charge on any atom is 0.254 e. The molecule has 0 atom stereocenters. The van der Waals surface area contributed by atoms with Gasteiger partial charge in [-0.1, -0.05) is 0 Å². The van der Waals surface area contributed by atoms with E-state index in [-0.39, 0.29) is 17.9 Å². The Bertz CT molecular complexity index is 504. The summed E-state index contributed by atoms with van der Waals surface area (Å²) < 4.78 is 13.7. The van der Waals surface area contributed by atoms with Gasteiger partial charge in [-0.15, -0.1) is 0 Å². The van der Waals surface area contributed by atoms with Crippen molar-refractivity contribution in [2.75, 3.05) is 12.0 Å². The molecule has 19 heavy (non-hydrogen) atoms. The molecule has 0 saturated heterocycles. The Morgan fingerprint density at radius 2 is 2.11 bits per heavy atom. The number of nitrogens with two attached hydrogens (primary N) is 2. The van der Waals surface area contributed by atoms with E-state index in [1.165, 1.54) is 12.3 Å². The number of hydrazine groups is 1. The van der Waals surface area contributed by atoms with Crippen molar-refractivity contribution in [3.8, 4) is 0 Å². The fraction of sp³-hybridized carbons (Fsp3) is 0.364. The second-order valence-electron chi connectivity index (χ2n) is 4.60. The van der Waals surface area contributed by atoms with Gasteiger partial charge in [-0.25, -0.2) is 15.2 Å². The molecule has 104 valence electrons. The molecule has 0 aliphatic rings. The van der Waals surface area contributed by atoms with Crippen molar-refractivity contribution in [3.05, 3.63) is 23.6 Å². The smallest absolute Gasteiger partial charge is 0.254 e. The van der Waals surface area contributed by atoms with Crippen LogP contribution in [0.4, 0.5) is 10.2 Å². The van der Waals surface area contributed by atoms with Crippen molar-refractivity contribution in [3.63, 3.8) is 0 Å². The summed E-state index contributed by atoms with van der Waals surface area (Å²) in [6.45, 7) is 3.14. The zero-order valence-corrected chi connectivity index (χ0v) is 10.7. The van der Waals surface area contributed by atoms with Crippen molar-refractivity contribution < 1.29 is 14.0 Å². The molecule has 1 heterocycles. The third-order valence-corrected chi connectivity index (χ3v) is 2.63. The summed E-state index contributed by atoms with van der Waals surface area (Å²) >= 11 is 0. The van der Waals surface area contributed by atoms with Crippen molar-refractivity contribution in [1.82, 2.24) is 10.3 Å². The molecule has 0 aliphatic carbocycles. The molecular formula is C11H16FN5O2. The molecule has 0 fully saturated rings. The van der Waals surface area contributed by atoms with Crippen LogP contribution in [0.5, 0.6) is 0 Å². The van der Waals surface area contributed by atoms with Crippen LogP contribution >= 0.6 is 0 Å². The number of pyridine rings is 1. The van der Waals surface area contributed by atoms with E-state index >= 15 is 0 Å². The maximum absolute atomic E-state index is 13.7. The number of halogens is 1. The average Bonchev–Trinajstić information content (AvgIpc) is 2.36. The van der Waals surface area contributed by atoms with Gasteiger partial charge in [0.15, 0.2) is 11.6 Å². The molecule has 0 aliphatic heterocycles. The lowest BCUT2D eigenvalue weighted by Gasteiger charge is -2.20. The van der Waals surface area contributed by atoms with Gasteiger partial charge in [-0.05, 0) is 19.9 Å². The third-order valence-electron chi connectivity index (χ3n) is 2.63. The zero-order valence-electron chi connectivity index (χ0n) is 10.7. The first-order valence-corrected chi connectivity index (χ1v) is 5.49. The Morgan fingerprint density at radius 3 is 2.63 bits per heavy atom. The van der Waals surface area contributed by atoms with Gasteiger partial charge in [0.25, 0.3) is 5.91 Å². The summed E-state index contributed by atoms with van der Waals surface area (Å²) in [6, 6.07) is 1.21. The monoisotopic (exact) mass is 269 g/mol. The molecule has 8 heteroatoms. The van der Waals surface area contributed by atoms with E-state index in [1.54, 1.807) is 13.8 Å². The van der Waals surface area contributed by atoms with E-state index in [4.69, 9.17) is 11.6 Å². The first-order chi connectivity index (χ1) is 8.79. The van der Waals surface area contributed by atoms with E-state index in [2.05, 4.69) is 10.3 Å². The van der Waals surface area contributed by atoms with Crippen LogP contribution in [0.2, 0.25) is 0 Å². The molecule has 0 saturated carbocycles. The fourth-order valence-corrected chi connectivity index (χ4v) is 1.20. The number of nitrogens with zero attached hydrogens (tertiary/aromatic N) is 1. The predicted molar refractivity (Wildman–Crippen MR) is 67.3 cm³/mol. The minimum atomic E-state index is -0.923. The molecule has 0 spiro atoms. The number of anilines is 1. The largest absolute Gasteiger partial charge is 0.369 e. The normalized spacial score (nSPS) is 10.9. The molecule has 0 bridgehead atoms. The van der Waals surface area contributed by atoms with Gasteiger partial charge in [0.05, 0.1) is 11.0 Å². The van der Waals surface area contributed by atoms with E-state index in [9.17, 15) is 14.0 Å². The van der Waals surface area contributed by atoms with Gasteiger partial charge >= 0.3 is 0 Å². The van der Waals surface area contributed by atoms with E-state index in [0.29, 0.717) is 0 Å². The molecule has 1 aromatic rings. The fourth-order valence-electron chi connectivity index (χ4n) is 1.20. The Hall–Kier alpha value is -2.22. The van der Waals surface area contributed by atoms with Crippen molar-refractivity contribution in [2.24, 2.45) is 17.0 Å². The molecule has 0 aromatic carbocycles. The quantitative estimate of drug-likeness (QED) is 0.433. The lowest BCUT2D eigenvalue weighted by atomic mass is 9.92. The first kappa shape index (κ1) is 14.8. The van der Waals surface area contributed by atoms with Gasteiger partial charge in [-0.2, -0.15) is 0 Å². The molecule has 0 radical (unpaired) electrons. The second kappa shape index (κ2) is 5.61. The highest BCUT2D eigenvalue weighted by Crippen LogP contribution is 2.15. The van der Waals surface area contributed by atoms with E-state index in [0.717, 1.165) is 0 Å². The van der Waals surface area contributed by atoms with Crippen LogP contribution in [0.3, 0.4) is 0 Å². The summed E-state index contributed by atoms with van der Waals surface area (Å²) in [5.74, 6) is 2.72. The van der Waals surface area contributed by atoms with Crippen LogP contribution in [0.25, 0.3) is 0 Å². The van der Waals surface area contributed by atoms with Crippen molar-refractivity contribution in [2.45, 2.75) is 13.8 Å². The zero-order chi connectivity index (χ0) is 14.6. The number of primary amides is 1. The highest BCUT2D eigenvalue weighted by Gasteiger charge is 2.26. The predicted octanol–water partition coefficient (Wildman–Crippen LogP) is -0.252. The number of nitrogen functional groups attached to an aromatic ring is 1. The van der Waals surface area contributed by atoms with Crippen molar-refractivity contribution in [1.29, 1.82) is 0 Å². The molecule has 2 amide bonds. The van der Waals surface area contributed by atoms with E-state index < -0.39 is 23.0 Å². The minimum Gasteiger partial charge on any atom is -0.369 e. The Kier molecular flexibility index (Phi) is 4.38. The first-order valence-electron chi connectivity index (χ1n) is 5.49. The number of amides is 2. The Labute approximate surface area is 109 Å². The van der Waals surface area contributed by atoms with Gasteiger partial charge in [0, 0.05) is 12.7 Å². The number of hydrogen-bond acceptors (Lipinski definition) is 5. The van der Waals surface area contributed by atoms with Crippen LogP contribution in [0.1, 0.15) is 24.2 Å². The summed E-state index contributed by atoms with van der Waals surface area (Å²) in [5, 5.41) is 2.44. The number of nitrogens with one attached hydrogen (secondary N) is 2. The average molecular weight is 269 g/mol. The molecule has 1 rings (SSSR count). The molecular weight excluding hydrogens is 253 g/mol. The van der Waals surface area contributed by atoms with Crippen LogP contribution < -0.4 is 22.3 Å². The van der Waals surface area contributed by atoms with Crippen LogP contribution in [0.15, 0.2) is 12.3 Å². The number of carbonyl (C=O) groups excluding carboxylic acids is 2. The highest BCUT2D eigenvalue weighted by molar-refractivity contribution is 5.95. The van der Waals surface area contributed by atoms with Gasteiger partial charge < -0.3 is 16.5 Å². The topological polar surface area (TPSA) is 123 Å². The van der Waals surface area contributed by atoms with Crippen LogP contribution in [-0.4, -0.2) is 23.3 Å². The highest BCUT2D eigenvalue weighted by atomic mass is 19.1. The lowest BCUT2D eigenvalue weighted by molar-refractivity contribution is -0.125. The summed E-state index contributed by atoms with van der Waals surface area (Å²) in [6.07, 6.45) is 1.24. The van der Waals surface area contributed by atoms with Gasteiger partial charge in [0.1, 0.15) is 0 Å². The second-order valence-corrected chi connectivity index (χ2v) is 4.60. The summed E-state index contributed by atoms with van der Waals surface area (Å²) in [5.41, 5.74) is 6.07. The number of rotatable bonds is 5. The molecule has 1 aromatic heterocycles. The summed E-state index contributed by atoms with van der Waals surface area (Å²) in [7, 11) is 0. The Morgan fingerprint density at radius 1 is 1.47 bits per heavy atom. The maximum atomic E-state index is 13.7. The SMILES string of the molecule is CC(C)(CNC(=O)c1ccnc(NN)c1F)C(N)=O. The van der Waals surface area contributed by atoms with E-state index in [1.807, 2.05) is 5.43 Å². The lowest BCUT2D eigenvalue weighted by Crippen LogP contribution is -2.42. The standard InChI is InChI=1S/C11H16FN5O2/c1-11(2,10(13)19)5-16-9(18)6-3-4-15-8(17-14)7(6)12/h3-4H,5,14H2,1-2H3,(H2,13,19)(H,15,17)(H,16,18). The third kappa shape index (κ3) is 3.38. The molecule has 7 nitrogen and oxygen atoms in total. The van der Waals surface area contributed by atoms with Crippen LogP contribution in [-0.2, 0) is 4.79 Å². The van der Waals surface area contributed by atoms with Gasteiger partial charge in [-0.3, -0.25) is 9.59 Å².